The maximum atomic E-state index is 12.3. The number of esters is 2. The zero-order valence-corrected chi connectivity index (χ0v) is 14.3. The standard InChI is InChI=1S/C20H16O7/c21-19-13(5-11-1-3-15-17(7-11)25-9-23-15)14(20(22)27-19)6-12-2-4-16-18(8-12)26-10-24-16/h1-4,7-8,13-14H,5-6,9-10H2/t13-,14-/m1/s1. The van der Waals surface area contributed by atoms with Crippen LogP contribution in [0, 0.1) is 11.8 Å². The molecule has 0 saturated carbocycles. The van der Waals surface area contributed by atoms with Crippen LogP contribution in [0.15, 0.2) is 36.4 Å². The molecule has 27 heavy (non-hydrogen) atoms. The van der Waals surface area contributed by atoms with Gasteiger partial charge in [-0.2, -0.15) is 0 Å². The van der Waals surface area contributed by atoms with Crippen molar-refractivity contribution in [2.24, 2.45) is 11.8 Å². The number of hydrogen-bond donors (Lipinski definition) is 0. The van der Waals surface area contributed by atoms with E-state index in [1.165, 1.54) is 0 Å². The number of ether oxygens (including phenoxy) is 5. The van der Waals surface area contributed by atoms with Crippen LogP contribution in [-0.4, -0.2) is 25.5 Å². The summed E-state index contributed by atoms with van der Waals surface area (Å²) in [6.45, 7) is 0.380. The van der Waals surface area contributed by atoms with Crippen molar-refractivity contribution in [1.82, 2.24) is 0 Å². The molecular formula is C20H16O7. The zero-order chi connectivity index (χ0) is 18.4. The molecule has 3 aliphatic rings. The molecule has 1 fully saturated rings. The van der Waals surface area contributed by atoms with Crippen molar-refractivity contribution in [3.05, 3.63) is 47.5 Å². The van der Waals surface area contributed by atoms with E-state index in [4.69, 9.17) is 23.7 Å². The molecule has 1 saturated heterocycles. The lowest BCUT2D eigenvalue weighted by atomic mass is 9.84. The van der Waals surface area contributed by atoms with E-state index in [0.29, 0.717) is 35.8 Å². The summed E-state index contributed by atoms with van der Waals surface area (Å²) in [4.78, 5) is 24.5. The molecule has 138 valence electrons. The molecule has 2 aromatic carbocycles. The Bertz CT molecular complexity index is 860. The smallest absolute Gasteiger partial charge is 0.317 e. The topological polar surface area (TPSA) is 80.3 Å². The van der Waals surface area contributed by atoms with Crippen molar-refractivity contribution in [2.45, 2.75) is 12.8 Å². The van der Waals surface area contributed by atoms with Crippen LogP contribution in [-0.2, 0) is 27.2 Å². The fraction of sp³-hybridized carbons (Fsp3) is 0.300. The van der Waals surface area contributed by atoms with Crippen LogP contribution in [0.2, 0.25) is 0 Å². The lowest BCUT2D eigenvalue weighted by Gasteiger charge is -2.14. The van der Waals surface area contributed by atoms with Gasteiger partial charge in [0.25, 0.3) is 0 Å². The van der Waals surface area contributed by atoms with Gasteiger partial charge < -0.3 is 23.7 Å². The molecule has 0 amide bonds. The summed E-state index contributed by atoms with van der Waals surface area (Å²) in [5.41, 5.74) is 1.79. The quantitative estimate of drug-likeness (QED) is 0.605. The molecule has 3 heterocycles. The Morgan fingerprint density at radius 1 is 0.667 bits per heavy atom. The van der Waals surface area contributed by atoms with Gasteiger partial charge in [-0.05, 0) is 48.2 Å². The summed E-state index contributed by atoms with van der Waals surface area (Å²) >= 11 is 0. The number of fused-ring (bicyclic) bond motifs is 2. The van der Waals surface area contributed by atoms with Crippen LogP contribution in [0.25, 0.3) is 0 Å². The van der Waals surface area contributed by atoms with Crippen LogP contribution >= 0.6 is 0 Å². The molecule has 0 aliphatic carbocycles. The first-order chi connectivity index (χ1) is 13.2. The lowest BCUT2D eigenvalue weighted by molar-refractivity contribution is -0.153. The van der Waals surface area contributed by atoms with Gasteiger partial charge in [0, 0.05) is 0 Å². The third-order valence-electron chi connectivity index (χ3n) is 5.08. The van der Waals surface area contributed by atoms with Crippen molar-refractivity contribution in [1.29, 1.82) is 0 Å². The normalized spacial score (nSPS) is 22.2. The Labute approximate surface area is 154 Å². The molecule has 3 aliphatic heterocycles. The largest absolute Gasteiger partial charge is 0.454 e. The molecule has 7 nitrogen and oxygen atoms in total. The maximum Gasteiger partial charge on any atom is 0.317 e. The number of cyclic esters (lactones) is 2. The Kier molecular flexibility index (Phi) is 3.67. The van der Waals surface area contributed by atoms with E-state index in [-0.39, 0.29) is 13.6 Å². The van der Waals surface area contributed by atoms with Gasteiger partial charge in [-0.15, -0.1) is 0 Å². The Morgan fingerprint density at radius 3 is 1.59 bits per heavy atom. The summed E-state index contributed by atoms with van der Waals surface area (Å²) in [5.74, 6) is 0.620. The Hall–Kier alpha value is -3.22. The van der Waals surface area contributed by atoms with E-state index < -0.39 is 23.8 Å². The van der Waals surface area contributed by atoms with Gasteiger partial charge in [-0.1, -0.05) is 12.1 Å². The number of rotatable bonds is 4. The second-order valence-electron chi connectivity index (χ2n) is 6.74. The van der Waals surface area contributed by atoms with Crippen molar-refractivity contribution in [2.75, 3.05) is 13.6 Å². The van der Waals surface area contributed by atoms with E-state index >= 15 is 0 Å². The number of carbonyl (C=O) groups is 2. The first kappa shape index (κ1) is 16.0. The predicted molar refractivity (Wildman–Crippen MR) is 90.6 cm³/mol. The minimum absolute atomic E-state index is 0.190. The van der Waals surface area contributed by atoms with Crippen molar-refractivity contribution >= 4 is 11.9 Å². The minimum atomic E-state index is -0.539. The molecule has 0 N–H and O–H groups in total. The van der Waals surface area contributed by atoms with E-state index in [1.807, 2.05) is 36.4 Å². The van der Waals surface area contributed by atoms with E-state index in [9.17, 15) is 9.59 Å². The number of carbonyl (C=O) groups excluding carboxylic acids is 2. The fourth-order valence-electron chi connectivity index (χ4n) is 3.67. The molecule has 0 spiro atoms. The van der Waals surface area contributed by atoms with Gasteiger partial charge >= 0.3 is 11.9 Å². The van der Waals surface area contributed by atoms with Crippen molar-refractivity contribution in [3.63, 3.8) is 0 Å². The number of hydrogen-bond acceptors (Lipinski definition) is 7. The molecule has 2 aromatic rings. The highest BCUT2D eigenvalue weighted by atomic mass is 16.7. The highest BCUT2D eigenvalue weighted by Crippen LogP contribution is 2.37. The first-order valence-corrected chi connectivity index (χ1v) is 8.70. The third-order valence-corrected chi connectivity index (χ3v) is 5.08. The van der Waals surface area contributed by atoms with Gasteiger partial charge in [0.2, 0.25) is 13.6 Å². The third kappa shape index (κ3) is 2.85. The second kappa shape index (κ2) is 6.19. The van der Waals surface area contributed by atoms with Crippen LogP contribution in [0.3, 0.4) is 0 Å². The number of benzene rings is 2. The first-order valence-electron chi connectivity index (χ1n) is 8.70. The molecule has 7 heteroatoms. The molecule has 0 bridgehead atoms. The van der Waals surface area contributed by atoms with Gasteiger partial charge in [-0.25, -0.2) is 0 Å². The van der Waals surface area contributed by atoms with Crippen LogP contribution in [0.1, 0.15) is 11.1 Å². The Morgan fingerprint density at radius 2 is 1.11 bits per heavy atom. The molecule has 0 aromatic heterocycles. The summed E-state index contributed by atoms with van der Waals surface area (Å²) in [6.07, 6.45) is 0.798. The monoisotopic (exact) mass is 368 g/mol. The minimum Gasteiger partial charge on any atom is -0.454 e. The van der Waals surface area contributed by atoms with Gasteiger partial charge in [0.15, 0.2) is 23.0 Å². The predicted octanol–water partition coefficient (Wildman–Crippen LogP) is 2.25. The van der Waals surface area contributed by atoms with E-state index in [0.717, 1.165) is 11.1 Å². The van der Waals surface area contributed by atoms with Gasteiger partial charge in [0.05, 0.1) is 11.8 Å². The zero-order valence-electron chi connectivity index (χ0n) is 14.3. The molecule has 2 atom stereocenters. The lowest BCUT2D eigenvalue weighted by Crippen LogP contribution is -2.22. The van der Waals surface area contributed by atoms with Gasteiger partial charge in [-0.3, -0.25) is 9.59 Å². The highest BCUT2D eigenvalue weighted by Gasteiger charge is 2.44. The SMILES string of the molecule is O=C1OC(=O)[C@H](Cc2ccc3c(c2)OCO3)[C@H]1Cc1ccc2c(c1)OCO2. The fourth-order valence-corrected chi connectivity index (χ4v) is 3.67. The average Bonchev–Trinajstić information content (AvgIpc) is 3.36. The maximum absolute atomic E-state index is 12.3. The van der Waals surface area contributed by atoms with Crippen LogP contribution in [0.4, 0.5) is 0 Å². The summed E-state index contributed by atoms with van der Waals surface area (Å²) < 4.78 is 26.3. The van der Waals surface area contributed by atoms with E-state index in [1.54, 1.807) is 0 Å². The van der Waals surface area contributed by atoms with E-state index in [2.05, 4.69) is 0 Å². The van der Waals surface area contributed by atoms with Gasteiger partial charge in [0.1, 0.15) is 0 Å². The van der Waals surface area contributed by atoms with Crippen molar-refractivity contribution in [3.8, 4) is 23.0 Å². The molecule has 0 unspecified atom stereocenters. The summed E-state index contributed by atoms with van der Waals surface area (Å²) in [6, 6.07) is 11.1. The summed E-state index contributed by atoms with van der Waals surface area (Å²) in [7, 11) is 0. The Balaban J connectivity index is 1.37. The highest BCUT2D eigenvalue weighted by molar-refractivity contribution is 5.96. The van der Waals surface area contributed by atoms with Crippen LogP contribution in [0.5, 0.6) is 23.0 Å². The van der Waals surface area contributed by atoms with Crippen molar-refractivity contribution < 1.29 is 33.3 Å². The van der Waals surface area contributed by atoms with Crippen LogP contribution < -0.4 is 18.9 Å². The molecule has 0 radical (unpaired) electrons. The average molecular weight is 368 g/mol. The second-order valence-corrected chi connectivity index (χ2v) is 6.74. The molecule has 5 rings (SSSR count). The summed E-state index contributed by atoms with van der Waals surface area (Å²) in [5, 5.41) is 0. The molecular weight excluding hydrogens is 352 g/mol.